The third-order valence-corrected chi connectivity index (χ3v) is 4.60. The summed E-state index contributed by atoms with van der Waals surface area (Å²) in [4.78, 5) is 2.66. The lowest BCUT2D eigenvalue weighted by molar-refractivity contribution is 0.0357. The minimum Gasteiger partial charge on any atom is -0.487 e. The zero-order valence-electron chi connectivity index (χ0n) is 12.9. The van der Waals surface area contributed by atoms with Crippen molar-refractivity contribution in [3.05, 3.63) is 29.8 Å². The predicted octanol–water partition coefficient (Wildman–Crippen LogP) is 2.83. The first-order chi connectivity index (χ1) is 9.59. The highest BCUT2D eigenvalue weighted by molar-refractivity contribution is 5.38. The van der Waals surface area contributed by atoms with Crippen LogP contribution in [0.25, 0.3) is 0 Å². The molecule has 1 N–H and O–H groups in total. The zero-order chi connectivity index (χ0) is 14.2. The largest absolute Gasteiger partial charge is 0.487 e. The average molecular weight is 274 g/mol. The van der Waals surface area contributed by atoms with E-state index in [0.717, 1.165) is 24.6 Å². The molecule has 0 spiro atoms. The van der Waals surface area contributed by atoms with E-state index in [4.69, 9.17) is 4.74 Å². The number of rotatable bonds is 3. The molecule has 2 atom stereocenters. The van der Waals surface area contributed by atoms with Crippen molar-refractivity contribution >= 4 is 0 Å². The molecule has 0 aromatic heterocycles. The lowest BCUT2D eigenvalue weighted by Crippen LogP contribution is -2.41. The summed E-state index contributed by atoms with van der Waals surface area (Å²) >= 11 is 0. The molecule has 2 aliphatic heterocycles. The normalized spacial score (nSPS) is 28.9. The maximum atomic E-state index is 6.14. The Morgan fingerprint density at radius 3 is 2.95 bits per heavy atom. The van der Waals surface area contributed by atoms with Gasteiger partial charge < -0.3 is 10.1 Å². The van der Waals surface area contributed by atoms with Crippen molar-refractivity contribution in [1.82, 2.24) is 10.2 Å². The molecular formula is C17H26N2O. The maximum Gasteiger partial charge on any atom is 0.124 e. The fraction of sp³-hybridized carbons (Fsp3) is 0.647. The van der Waals surface area contributed by atoms with Gasteiger partial charge in [-0.05, 0) is 52.4 Å². The molecule has 0 amide bonds. The lowest BCUT2D eigenvalue weighted by Gasteiger charge is -2.41. The summed E-state index contributed by atoms with van der Waals surface area (Å²) in [7, 11) is 2.05. The minimum atomic E-state index is -0.0693. The molecule has 2 heterocycles. The molecule has 3 heteroatoms. The van der Waals surface area contributed by atoms with Crippen LogP contribution in [0.2, 0.25) is 0 Å². The number of nitrogens with one attached hydrogen (secondary N) is 1. The Labute approximate surface area is 122 Å². The van der Waals surface area contributed by atoms with Crippen LogP contribution < -0.4 is 10.1 Å². The van der Waals surface area contributed by atoms with Crippen LogP contribution in [0, 0.1) is 5.92 Å². The van der Waals surface area contributed by atoms with Gasteiger partial charge in [-0.3, -0.25) is 4.90 Å². The van der Waals surface area contributed by atoms with Crippen LogP contribution in [0.15, 0.2) is 24.3 Å². The summed E-state index contributed by atoms with van der Waals surface area (Å²) < 4.78 is 6.14. The van der Waals surface area contributed by atoms with Crippen LogP contribution in [-0.4, -0.2) is 37.2 Å². The Balaban J connectivity index is 1.82. The van der Waals surface area contributed by atoms with Crippen molar-refractivity contribution in [2.45, 2.75) is 38.3 Å². The van der Waals surface area contributed by atoms with Gasteiger partial charge in [0.2, 0.25) is 0 Å². The fourth-order valence-corrected chi connectivity index (χ4v) is 3.69. The van der Waals surface area contributed by atoms with Crippen LogP contribution >= 0.6 is 0 Å². The van der Waals surface area contributed by atoms with Crippen molar-refractivity contribution in [2.24, 2.45) is 5.92 Å². The van der Waals surface area contributed by atoms with Gasteiger partial charge >= 0.3 is 0 Å². The molecular weight excluding hydrogens is 248 g/mol. The van der Waals surface area contributed by atoms with Gasteiger partial charge in [0, 0.05) is 24.6 Å². The second-order valence-electron chi connectivity index (χ2n) is 6.83. The summed E-state index contributed by atoms with van der Waals surface area (Å²) in [6.07, 6.45) is 2.39. The Morgan fingerprint density at radius 1 is 1.35 bits per heavy atom. The van der Waals surface area contributed by atoms with E-state index in [-0.39, 0.29) is 5.60 Å². The van der Waals surface area contributed by atoms with Crippen molar-refractivity contribution < 1.29 is 4.74 Å². The molecule has 1 aromatic carbocycles. The molecule has 0 bridgehead atoms. The number of hydrogen-bond acceptors (Lipinski definition) is 3. The fourth-order valence-electron chi connectivity index (χ4n) is 3.69. The van der Waals surface area contributed by atoms with Gasteiger partial charge in [0.05, 0.1) is 0 Å². The molecule has 0 aliphatic carbocycles. The summed E-state index contributed by atoms with van der Waals surface area (Å²) in [5.74, 6) is 1.86. The molecule has 20 heavy (non-hydrogen) atoms. The standard InChI is InChI=1S/C17H26N2O/c1-17(2)10-15(14-6-4-5-7-16(14)20-17)19-9-8-13(12-19)11-18-3/h4-7,13,15,18H,8-12H2,1-3H3. The number of ether oxygens (including phenoxy) is 1. The summed E-state index contributed by atoms with van der Waals surface area (Å²) in [6.45, 7) is 7.95. The van der Waals surface area contributed by atoms with E-state index < -0.39 is 0 Å². The highest BCUT2D eigenvalue weighted by atomic mass is 16.5. The molecule has 0 saturated carbocycles. The minimum absolute atomic E-state index is 0.0693. The first-order valence-electron chi connectivity index (χ1n) is 7.76. The molecule has 2 unspecified atom stereocenters. The van der Waals surface area contributed by atoms with Crippen LogP contribution in [0.3, 0.4) is 0 Å². The molecule has 3 rings (SSSR count). The van der Waals surface area contributed by atoms with Crippen LogP contribution in [-0.2, 0) is 0 Å². The SMILES string of the molecule is CNCC1CCN(C2CC(C)(C)Oc3ccccc32)C1. The van der Waals surface area contributed by atoms with E-state index in [1.54, 1.807) is 0 Å². The highest BCUT2D eigenvalue weighted by Crippen LogP contribution is 2.43. The van der Waals surface area contributed by atoms with Gasteiger partial charge in [-0.1, -0.05) is 18.2 Å². The van der Waals surface area contributed by atoms with E-state index in [9.17, 15) is 0 Å². The Kier molecular flexibility index (Phi) is 3.74. The van der Waals surface area contributed by atoms with Crippen LogP contribution in [0.5, 0.6) is 5.75 Å². The molecule has 2 aliphatic rings. The van der Waals surface area contributed by atoms with Gasteiger partial charge in [-0.2, -0.15) is 0 Å². The summed E-state index contributed by atoms with van der Waals surface area (Å²) in [5, 5.41) is 3.32. The molecule has 3 nitrogen and oxygen atoms in total. The summed E-state index contributed by atoms with van der Waals surface area (Å²) in [6, 6.07) is 9.07. The molecule has 0 radical (unpaired) electrons. The number of nitrogens with zero attached hydrogens (tertiary/aromatic N) is 1. The number of hydrogen-bond donors (Lipinski definition) is 1. The monoisotopic (exact) mass is 274 g/mol. The molecule has 1 saturated heterocycles. The molecule has 1 aromatic rings. The second-order valence-corrected chi connectivity index (χ2v) is 6.83. The smallest absolute Gasteiger partial charge is 0.124 e. The average Bonchev–Trinajstić information content (AvgIpc) is 2.85. The second kappa shape index (κ2) is 5.38. The van der Waals surface area contributed by atoms with Crippen molar-refractivity contribution in [3.63, 3.8) is 0 Å². The van der Waals surface area contributed by atoms with E-state index in [1.165, 1.54) is 25.1 Å². The number of benzene rings is 1. The van der Waals surface area contributed by atoms with E-state index in [0.29, 0.717) is 6.04 Å². The topological polar surface area (TPSA) is 24.5 Å². The highest BCUT2D eigenvalue weighted by Gasteiger charge is 2.38. The van der Waals surface area contributed by atoms with E-state index >= 15 is 0 Å². The summed E-state index contributed by atoms with van der Waals surface area (Å²) in [5.41, 5.74) is 1.30. The predicted molar refractivity (Wildman–Crippen MR) is 82.1 cm³/mol. The number of likely N-dealkylation sites (tertiary alicyclic amines) is 1. The Bertz CT molecular complexity index is 472. The van der Waals surface area contributed by atoms with E-state index in [1.807, 2.05) is 0 Å². The van der Waals surface area contributed by atoms with Crippen molar-refractivity contribution in [2.75, 3.05) is 26.7 Å². The van der Waals surface area contributed by atoms with Gasteiger partial charge in [0.25, 0.3) is 0 Å². The molecule has 110 valence electrons. The lowest BCUT2D eigenvalue weighted by atomic mass is 9.89. The third-order valence-electron chi connectivity index (χ3n) is 4.60. The third kappa shape index (κ3) is 2.70. The van der Waals surface area contributed by atoms with Gasteiger partial charge in [-0.25, -0.2) is 0 Å². The van der Waals surface area contributed by atoms with Crippen molar-refractivity contribution in [3.8, 4) is 5.75 Å². The number of para-hydroxylation sites is 1. The van der Waals surface area contributed by atoms with Crippen LogP contribution in [0.4, 0.5) is 0 Å². The quantitative estimate of drug-likeness (QED) is 0.917. The van der Waals surface area contributed by atoms with Gasteiger partial charge in [-0.15, -0.1) is 0 Å². The first kappa shape index (κ1) is 13.9. The maximum absolute atomic E-state index is 6.14. The van der Waals surface area contributed by atoms with Gasteiger partial charge in [0.15, 0.2) is 0 Å². The number of fused-ring (bicyclic) bond motifs is 1. The van der Waals surface area contributed by atoms with Crippen molar-refractivity contribution in [1.29, 1.82) is 0 Å². The Morgan fingerprint density at radius 2 is 2.15 bits per heavy atom. The molecule has 1 fully saturated rings. The first-order valence-corrected chi connectivity index (χ1v) is 7.76. The Hall–Kier alpha value is -1.06. The van der Waals surface area contributed by atoms with Gasteiger partial charge in [0.1, 0.15) is 11.4 Å². The zero-order valence-corrected chi connectivity index (χ0v) is 12.9. The van der Waals surface area contributed by atoms with Crippen LogP contribution in [0.1, 0.15) is 38.3 Å². The van der Waals surface area contributed by atoms with E-state index in [2.05, 4.69) is 55.4 Å².